The van der Waals surface area contributed by atoms with E-state index in [0.717, 1.165) is 11.3 Å². The summed E-state index contributed by atoms with van der Waals surface area (Å²) in [6.45, 7) is 2.58. The molecule has 2 aromatic carbocycles. The molecule has 0 fully saturated rings. The molecule has 0 amide bonds. The zero-order valence-corrected chi connectivity index (χ0v) is 10.5. The molecule has 0 saturated carbocycles. The molecule has 0 saturated heterocycles. The van der Waals surface area contributed by atoms with Crippen molar-refractivity contribution in [2.24, 2.45) is 5.84 Å². The van der Waals surface area contributed by atoms with Crippen molar-refractivity contribution < 1.29 is 4.74 Å². The van der Waals surface area contributed by atoms with Crippen LogP contribution in [0.25, 0.3) is 0 Å². The Morgan fingerprint density at radius 1 is 1.06 bits per heavy atom. The van der Waals surface area contributed by atoms with Crippen molar-refractivity contribution in [3.8, 4) is 5.75 Å². The number of nitrogens with one attached hydrogen (secondary N) is 1. The zero-order chi connectivity index (χ0) is 12.8. The third-order valence-electron chi connectivity index (χ3n) is 2.92. The fraction of sp³-hybridized carbons (Fsp3) is 0.200. The van der Waals surface area contributed by atoms with E-state index in [0.29, 0.717) is 6.61 Å². The quantitative estimate of drug-likeness (QED) is 0.626. The van der Waals surface area contributed by atoms with Crippen LogP contribution in [0.15, 0.2) is 54.6 Å². The van der Waals surface area contributed by atoms with E-state index in [2.05, 4.69) is 24.5 Å². The summed E-state index contributed by atoms with van der Waals surface area (Å²) in [6.07, 6.45) is 0. The summed E-state index contributed by atoms with van der Waals surface area (Å²) < 4.78 is 5.73. The second kappa shape index (κ2) is 6.19. The van der Waals surface area contributed by atoms with Crippen LogP contribution in [-0.2, 0) is 0 Å². The van der Waals surface area contributed by atoms with Crippen LogP contribution in [0.3, 0.4) is 0 Å². The maximum atomic E-state index is 5.73. The summed E-state index contributed by atoms with van der Waals surface area (Å²) in [4.78, 5) is 0. The van der Waals surface area contributed by atoms with Gasteiger partial charge in [0.1, 0.15) is 12.4 Å². The van der Waals surface area contributed by atoms with Gasteiger partial charge in [0, 0.05) is 0 Å². The van der Waals surface area contributed by atoms with Crippen LogP contribution in [-0.4, -0.2) is 6.61 Å². The minimum atomic E-state index is -0.00796. The number of rotatable bonds is 5. The summed E-state index contributed by atoms with van der Waals surface area (Å²) in [5, 5.41) is 0. The third-order valence-corrected chi connectivity index (χ3v) is 2.92. The van der Waals surface area contributed by atoms with Crippen LogP contribution in [0.2, 0.25) is 0 Å². The standard InChI is InChI=1S/C15H18N2O/c1-12-7-5-6-10-14(12)15(17-16)11-18-13-8-3-2-4-9-13/h2-10,15,17H,11,16H2,1H3. The highest BCUT2D eigenvalue weighted by molar-refractivity contribution is 5.29. The summed E-state index contributed by atoms with van der Waals surface area (Å²) in [6, 6.07) is 17.9. The van der Waals surface area contributed by atoms with Crippen LogP contribution in [0.4, 0.5) is 0 Å². The molecule has 3 N–H and O–H groups in total. The largest absolute Gasteiger partial charge is 0.492 e. The Hall–Kier alpha value is -1.84. The fourth-order valence-corrected chi connectivity index (χ4v) is 1.90. The van der Waals surface area contributed by atoms with Crippen molar-refractivity contribution in [2.45, 2.75) is 13.0 Å². The lowest BCUT2D eigenvalue weighted by atomic mass is 10.0. The fourth-order valence-electron chi connectivity index (χ4n) is 1.90. The molecule has 0 aliphatic rings. The molecule has 0 bridgehead atoms. The van der Waals surface area contributed by atoms with E-state index < -0.39 is 0 Å². The minimum Gasteiger partial charge on any atom is -0.492 e. The van der Waals surface area contributed by atoms with Crippen molar-refractivity contribution in [1.82, 2.24) is 5.43 Å². The second-order valence-corrected chi connectivity index (χ2v) is 4.20. The molecule has 3 nitrogen and oxygen atoms in total. The molecule has 2 aromatic rings. The van der Waals surface area contributed by atoms with Crippen LogP contribution in [0, 0.1) is 6.92 Å². The molecule has 1 atom stereocenters. The van der Waals surface area contributed by atoms with Gasteiger partial charge in [0.05, 0.1) is 6.04 Å². The number of hydrogen-bond acceptors (Lipinski definition) is 3. The van der Waals surface area contributed by atoms with Crippen LogP contribution < -0.4 is 16.0 Å². The Morgan fingerprint density at radius 2 is 1.72 bits per heavy atom. The van der Waals surface area contributed by atoms with Gasteiger partial charge in [-0.3, -0.25) is 5.84 Å². The molecule has 0 aromatic heterocycles. The molecule has 3 heteroatoms. The lowest BCUT2D eigenvalue weighted by Crippen LogP contribution is -2.32. The molecular weight excluding hydrogens is 224 g/mol. The van der Waals surface area contributed by atoms with Crippen LogP contribution in [0.5, 0.6) is 5.75 Å². The molecule has 0 radical (unpaired) electrons. The van der Waals surface area contributed by atoms with Gasteiger partial charge < -0.3 is 4.74 Å². The highest BCUT2D eigenvalue weighted by atomic mass is 16.5. The predicted molar refractivity (Wildman–Crippen MR) is 73.2 cm³/mol. The Bertz CT molecular complexity index is 485. The average Bonchev–Trinajstić information content (AvgIpc) is 2.42. The minimum absolute atomic E-state index is 0.00796. The summed E-state index contributed by atoms with van der Waals surface area (Å²) in [5.74, 6) is 6.46. The number of benzene rings is 2. The first-order valence-corrected chi connectivity index (χ1v) is 6.01. The number of para-hydroxylation sites is 1. The second-order valence-electron chi connectivity index (χ2n) is 4.20. The molecule has 0 aliphatic carbocycles. The van der Waals surface area contributed by atoms with Crippen LogP contribution in [0.1, 0.15) is 17.2 Å². The maximum absolute atomic E-state index is 5.73. The SMILES string of the molecule is Cc1ccccc1C(COc1ccccc1)NN. The first kappa shape index (κ1) is 12.6. The number of nitrogens with two attached hydrogens (primary N) is 1. The summed E-state index contributed by atoms with van der Waals surface area (Å²) in [5.41, 5.74) is 5.17. The van der Waals surface area contributed by atoms with Gasteiger partial charge in [-0.1, -0.05) is 42.5 Å². The lowest BCUT2D eigenvalue weighted by Gasteiger charge is -2.19. The van der Waals surface area contributed by atoms with Gasteiger partial charge in [0.25, 0.3) is 0 Å². The van der Waals surface area contributed by atoms with E-state index in [4.69, 9.17) is 10.6 Å². The van der Waals surface area contributed by atoms with Crippen molar-refractivity contribution in [3.63, 3.8) is 0 Å². The predicted octanol–water partition coefficient (Wildman–Crippen LogP) is 2.58. The highest BCUT2D eigenvalue weighted by Crippen LogP contribution is 2.18. The maximum Gasteiger partial charge on any atom is 0.119 e. The molecule has 2 rings (SSSR count). The first-order chi connectivity index (χ1) is 8.81. The Labute approximate surface area is 108 Å². The van der Waals surface area contributed by atoms with Gasteiger partial charge in [-0.25, -0.2) is 5.43 Å². The van der Waals surface area contributed by atoms with Crippen LogP contribution >= 0.6 is 0 Å². The molecule has 18 heavy (non-hydrogen) atoms. The normalized spacial score (nSPS) is 12.1. The molecule has 0 aliphatic heterocycles. The third kappa shape index (κ3) is 3.09. The molecule has 1 unspecified atom stereocenters. The van der Waals surface area contributed by atoms with Crippen molar-refractivity contribution in [2.75, 3.05) is 6.61 Å². The number of ether oxygens (including phenoxy) is 1. The van der Waals surface area contributed by atoms with E-state index in [9.17, 15) is 0 Å². The monoisotopic (exact) mass is 242 g/mol. The topological polar surface area (TPSA) is 47.3 Å². The van der Waals surface area contributed by atoms with Gasteiger partial charge in [-0.15, -0.1) is 0 Å². The van der Waals surface area contributed by atoms with E-state index in [1.165, 1.54) is 5.56 Å². The molecule has 0 spiro atoms. The average molecular weight is 242 g/mol. The van der Waals surface area contributed by atoms with Crippen molar-refractivity contribution in [1.29, 1.82) is 0 Å². The van der Waals surface area contributed by atoms with E-state index in [-0.39, 0.29) is 6.04 Å². The van der Waals surface area contributed by atoms with Crippen molar-refractivity contribution >= 4 is 0 Å². The zero-order valence-electron chi connectivity index (χ0n) is 10.5. The Morgan fingerprint density at radius 3 is 2.39 bits per heavy atom. The number of aryl methyl sites for hydroxylation is 1. The Kier molecular flexibility index (Phi) is 4.34. The van der Waals surface area contributed by atoms with Gasteiger partial charge in [-0.05, 0) is 30.2 Å². The van der Waals surface area contributed by atoms with Crippen molar-refractivity contribution in [3.05, 3.63) is 65.7 Å². The summed E-state index contributed by atoms with van der Waals surface area (Å²) >= 11 is 0. The number of hydrogen-bond donors (Lipinski definition) is 2. The van der Waals surface area contributed by atoms with E-state index >= 15 is 0 Å². The van der Waals surface area contributed by atoms with Gasteiger partial charge in [0.15, 0.2) is 0 Å². The molecular formula is C15H18N2O. The molecule has 0 heterocycles. The van der Waals surface area contributed by atoms with Gasteiger partial charge in [-0.2, -0.15) is 0 Å². The van der Waals surface area contributed by atoms with E-state index in [1.54, 1.807) is 0 Å². The lowest BCUT2D eigenvalue weighted by molar-refractivity contribution is 0.267. The van der Waals surface area contributed by atoms with E-state index in [1.807, 2.05) is 42.5 Å². The highest BCUT2D eigenvalue weighted by Gasteiger charge is 2.12. The molecule has 94 valence electrons. The Balaban J connectivity index is 2.04. The smallest absolute Gasteiger partial charge is 0.119 e. The van der Waals surface area contributed by atoms with Gasteiger partial charge >= 0.3 is 0 Å². The first-order valence-electron chi connectivity index (χ1n) is 6.01. The summed E-state index contributed by atoms with van der Waals surface area (Å²) in [7, 11) is 0. The number of hydrazine groups is 1. The van der Waals surface area contributed by atoms with Gasteiger partial charge in [0.2, 0.25) is 0 Å².